The Kier molecular flexibility index (Phi) is 5.86. The van der Waals surface area contributed by atoms with E-state index >= 15 is 0 Å². The van der Waals surface area contributed by atoms with Crippen molar-refractivity contribution in [2.75, 3.05) is 35.8 Å². The second-order valence-corrected chi connectivity index (χ2v) is 9.71. The SMILES string of the molecule is O=[N+]([O-])c1cc(S(=O)(=O)Nc2ccccc2Cl)ccc1N1CC[C@H](N2CCCC2)C1. The van der Waals surface area contributed by atoms with Crippen molar-refractivity contribution >= 4 is 38.7 Å². The van der Waals surface area contributed by atoms with Gasteiger partial charge >= 0.3 is 0 Å². The number of sulfonamides is 1. The number of hydrogen-bond donors (Lipinski definition) is 1. The van der Waals surface area contributed by atoms with Gasteiger partial charge in [0.1, 0.15) is 5.69 Å². The maximum Gasteiger partial charge on any atom is 0.293 e. The van der Waals surface area contributed by atoms with E-state index in [0.717, 1.165) is 25.6 Å². The Morgan fingerprint density at radius 1 is 1.10 bits per heavy atom. The molecule has 160 valence electrons. The van der Waals surface area contributed by atoms with Gasteiger partial charge < -0.3 is 4.90 Å². The number of halogens is 1. The number of nitrogens with one attached hydrogen (secondary N) is 1. The van der Waals surface area contributed by atoms with Gasteiger partial charge in [-0.15, -0.1) is 0 Å². The van der Waals surface area contributed by atoms with Crippen LogP contribution in [0.3, 0.4) is 0 Å². The first kappa shape index (κ1) is 20.9. The molecule has 0 radical (unpaired) electrons. The number of benzene rings is 2. The molecule has 0 unspecified atom stereocenters. The van der Waals surface area contributed by atoms with Gasteiger partial charge in [0.15, 0.2) is 0 Å². The van der Waals surface area contributed by atoms with Crippen molar-refractivity contribution in [2.24, 2.45) is 0 Å². The van der Waals surface area contributed by atoms with Crippen molar-refractivity contribution in [1.82, 2.24) is 4.90 Å². The van der Waals surface area contributed by atoms with Crippen molar-refractivity contribution in [3.63, 3.8) is 0 Å². The Morgan fingerprint density at radius 2 is 1.83 bits per heavy atom. The van der Waals surface area contributed by atoms with E-state index in [2.05, 4.69) is 9.62 Å². The second kappa shape index (κ2) is 8.41. The maximum absolute atomic E-state index is 12.8. The number of nitro groups is 1. The molecule has 2 aromatic carbocycles. The van der Waals surface area contributed by atoms with Crippen LogP contribution in [0, 0.1) is 10.1 Å². The van der Waals surface area contributed by atoms with E-state index in [4.69, 9.17) is 11.6 Å². The van der Waals surface area contributed by atoms with E-state index in [9.17, 15) is 18.5 Å². The van der Waals surface area contributed by atoms with Gasteiger partial charge in [0.25, 0.3) is 15.7 Å². The minimum atomic E-state index is -4.02. The van der Waals surface area contributed by atoms with Gasteiger partial charge in [-0.2, -0.15) is 0 Å². The van der Waals surface area contributed by atoms with Gasteiger partial charge in [-0.3, -0.25) is 19.7 Å². The van der Waals surface area contributed by atoms with Crippen LogP contribution in [-0.4, -0.2) is 50.5 Å². The summed E-state index contributed by atoms with van der Waals surface area (Å²) >= 11 is 6.03. The van der Waals surface area contributed by atoms with Crippen LogP contribution in [0.5, 0.6) is 0 Å². The van der Waals surface area contributed by atoms with Crippen LogP contribution in [0.25, 0.3) is 0 Å². The van der Waals surface area contributed by atoms with Crippen LogP contribution < -0.4 is 9.62 Å². The van der Waals surface area contributed by atoms with Gasteiger partial charge in [0.2, 0.25) is 0 Å². The molecular weight excluding hydrogens is 428 g/mol. The minimum Gasteiger partial charge on any atom is -0.364 e. The molecule has 2 saturated heterocycles. The van der Waals surface area contributed by atoms with Gasteiger partial charge in [0, 0.05) is 25.2 Å². The topological polar surface area (TPSA) is 95.8 Å². The lowest BCUT2D eigenvalue weighted by molar-refractivity contribution is -0.384. The molecule has 2 aliphatic heterocycles. The molecule has 2 aromatic rings. The third-order valence-corrected chi connectivity index (χ3v) is 7.43. The number of anilines is 2. The lowest BCUT2D eigenvalue weighted by Crippen LogP contribution is -2.35. The first-order chi connectivity index (χ1) is 14.3. The summed E-state index contributed by atoms with van der Waals surface area (Å²) in [6.45, 7) is 3.58. The molecule has 30 heavy (non-hydrogen) atoms. The van der Waals surface area contributed by atoms with Crippen LogP contribution in [0.1, 0.15) is 19.3 Å². The lowest BCUT2D eigenvalue weighted by atomic mass is 10.2. The van der Waals surface area contributed by atoms with E-state index in [1.807, 2.05) is 4.90 Å². The number of para-hydroxylation sites is 1. The van der Waals surface area contributed by atoms with Crippen molar-refractivity contribution in [3.05, 3.63) is 57.6 Å². The summed E-state index contributed by atoms with van der Waals surface area (Å²) in [5.41, 5.74) is 0.469. The van der Waals surface area contributed by atoms with Crippen LogP contribution in [0.4, 0.5) is 17.1 Å². The second-order valence-electron chi connectivity index (χ2n) is 7.62. The number of nitrogens with zero attached hydrogens (tertiary/aromatic N) is 3. The summed E-state index contributed by atoms with van der Waals surface area (Å²) in [7, 11) is -4.02. The molecule has 2 fully saturated rings. The molecule has 8 nitrogen and oxygen atoms in total. The Morgan fingerprint density at radius 3 is 2.53 bits per heavy atom. The average molecular weight is 451 g/mol. The summed E-state index contributed by atoms with van der Waals surface area (Å²) in [5, 5.41) is 12.0. The van der Waals surface area contributed by atoms with E-state index in [-0.39, 0.29) is 21.3 Å². The fraction of sp³-hybridized carbons (Fsp3) is 0.400. The summed E-state index contributed by atoms with van der Waals surface area (Å²) in [6, 6.07) is 10.9. The van der Waals surface area contributed by atoms with Gasteiger partial charge in [0.05, 0.1) is 20.5 Å². The fourth-order valence-electron chi connectivity index (χ4n) is 4.20. The molecule has 2 heterocycles. The molecule has 0 saturated carbocycles. The zero-order valence-electron chi connectivity index (χ0n) is 16.3. The Bertz CT molecular complexity index is 1060. The molecule has 0 aromatic heterocycles. The predicted octanol–water partition coefficient (Wildman–Crippen LogP) is 3.72. The van der Waals surface area contributed by atoms with Crippen LogP contribution >= 0.6 is 11.6 Å². The highest BCUT2D eigenvalue weighted by Gasteiger charge is 2.33. The third kappa shape index (κ3) is 4.23. The van der Waals surface area contributed by atoms with E-state index in [1.165, 1.54) is 31.0 Å². The van der Waals surface area contributed by atoms with Gasteiger partial charge in [-0.25, -0.2) is 8.42 Å². The van der Waals surface area contributed by atoms with Gasteiger partial charge in [-0.05, 0) is 56.6 Å². The third-order valence-electron chi connectivity index (χ3n) is 5.73. The first-order valence-corrected chi connectivity index (χ1v) is 11.8. The Balaban J connectivity index is 1.59. The number of hydrogen-bond acceptors (Lipinski definition) is 6. The molecule has 0 aliphatic carbocycles. The summed E-state index contributed by atoms with van der Waals surface area (Å²) < 4.78 is 27.9. The fourth-order valence-corrected chi connectivity index (χ4v) is 5.54. The molecular formula is C20H23ClN4O4S. The zero-order valence-corrected chi connectivity index (χ0v) is 17.9. The van der Waals surface area contributed by atoms with Crippen LogP contribution in [-0.2, 0) is 10.0 Å². The van der Waals surface area contributed by atoms with E-state index < -0.39 is 14.9 Å². The smallest absolute Gasteiger partial charge is 0.293 e. The molecule has 0 amide bonds. The number of rotatable bonds is 6. The van der Waals surface area contributed by atoms with Crippen LogP contribution in [0.15, 0.2) is 47.4 Å². The van der Waals surface area contributed by atoms with Crippen molar-refractivity contribution in [1.29, 1.82) is 0 Å². The van der Waals surface area contributed by atoms with Crippen LogP contribution in [0.2, 0.25) is 5.02 Å². The highest BCUT2D eigenvalue weighted by atomic mass is 35.5. The number of likely N-dealkylation sites (tertiary alicyclic amines) is 1. The summed E-state index contributed by atoms with van der Waals surface area (Å²) in [4.78, 5) is 15.5. The normalized spacial score (nSPS) is 19.9. The Hall–Kier alpha value is -2.36. The maximum atomic E-state index is 12.8. The largest absolute Gasteiger partial charge is 0.364 e. The standard InChI is InChI=1S/C20H23ClN4O4S/c21-17-5-1-2-6-18(17)22-30(28,29)16-7-8-19(20(13-16)25(26)27)24-12-9-15(14-24)23-10-3-4-11-23/h1-2,5-8,13,15,22H,3-4,9-12,14H2/t15-/m0/s1. The monoisotopic (exact) mass is 450 g/mol. The molecule has 1 atom stereocenters. The highest BCUT2D eigenvalue weighted by molar-refractivity contribution is 7.92. The molecule has 0 bridgehead atoms. The highest BCUT2D eigenvalue weighted by Crippen LogP contribution is 2.35. The Labute approximate surface area is 180 Å². The van der Waals surface area contributed by atoms with Crippen molar-refractivity contribution in [3.8, 4) is 0 Å². The lowest BCUT2D eigenvalue weighted by Gasteiger charge is -2.24. The first-order valence-electron chi connectivity index (χ1n) is 9.90. The minimum absolute atomic E-state index is 0.173. The average Bonchev–Trinajstić information content (AvgIpc) is 3.41. The van der Waals surface area contributed by atoms with E-state index in [0.29, 0.717) is 24.8 Å². The molecule has 2 aliphatic rings. The zero-order chi connectivity index (χ0) is 21.3. The van der Waals surface area contributed by atoms with Crippen molar-refractivity contribution in [2.45, 2.75) is 30.2 Å². The van der Waals surface area contributed by atoms with Crippen molar-refractivity contribution < 1.29 is 13.3 Å². The quantitative estimate of drug-likeness (QED) is 0.532. The summed E-state index contributed by atoms with van der Waals surface area (Å²) in [5.74, 6) is 0. The predicted molar refractivity (Wildman–Crippen MR) is 117 cm³/mol. The van der Waals surface area contributed by atoms with E-state index in [1.54, 1.807) is 18.2 Å². The molecule has 0 spiro atoms. The molecule has 10 heteroatoms. The number of nitro benzene ring substituents is 1. The molecule has 1 N–H and O–H groups in total. The summed E-state index contributed by atoms with van der Waals surface area (Å²) in [6.07, 6.45) is 3.34. The molecule has 4 rings (SSSR count). The van der Waals surface area contributed by atoms with Gasteiger partial charge in [-0.1, -0.05) is 23.7 Å².